The topological polar surface area (TPSA) is 59.9 Å². The molecule has 3 aromatic rings. The third-order valence-electron chi connectivity index (χ3n) is 4.88. The Morgan fingerprint density at radius 2 is 1.85 bits per heavy atom. The molecule has 7 heteroatoms. The number of amides is 1. The van der Waals surface area contributed by atoms with Crippen LogP contribution < -0.4 is 14.9 Å². The molecule has 0 fully saturated rings. The van der Waals surface area contributed by atoms with E-state index in [-0.39, 0.29) is 12.3 Å². The van der Waals surface area contributed by atoms with E-state index in [1.807, 2.05) is 57.2 Å². The fourth-order valence-electron chi connectivity index (χ4n) is 3.24. The van der Waals surface area contributed by atoms with Gasteiger partial charge in [0.15, 0.2) is 11.5 Å². The summed E-state index contributed by atoms with van der Waals surface area (Å²) in [5.74, 6) is 0.798. The predicted octanol–water partition coefficient (Wildman–Crippen LogP) is 6.39. The van der Waals surface area contributed by atoms with Crippen molar-refractivity contribution in [2.75, 3.05) is 6.61 Å². The van der Waals surface area contributed by atoms with Crippen LogP contribution in [0.1, 0.15) is 34.7 Å². The van der Waals surface area contributed by atoms with Gasteiger partial charge in [0.05, 0.1) is 24.3 Å². The maximum Gasteiger partial charge on any atom is 0.244 e. The molecule has 0 radical (unpaired) electrons. The Morgan fingerprint density at radius 1 is 1.09 bits per heavy atom. The van der Waals surface area contributed by atoms with E-state index in [0.29, 0.717) is 35.3 Å². The third kappa shape index (κ3) is 7.34. The minimum absolute atomic E-state index is 0.191. The molecule has 5 nitrogen and oxygen atoms in total. The lowest BCUT2D eigenvalue weighted by Crippen LogP contribution is -2.20. The molecule has 0 atom stereocenters. The number of nitrogens with zero attached hydrogens (tertiary/aromatic N) is 1. The first-order valence-corrected chi connectivity index (χ1v) is 11.7. The van der Waals surface area contributed by atoms with Gasteiger partial charge in [0.2, 0.25) is 5.91 Å². The van der Waals surface area contributed by atoms with Gasteiger partial charge in [-0.25, -0.2) is 5.43 Å². The zero-order valence-corrected chi connectivity index (χ0v) is 21.2. The average Bonchev–Trinajstić information content (AvgIpc) is 2.76. The molecule has 3 aromatic carbocycles. The second-order valence-electron chi connectivity index (χ2n) is 7.58. The number of carbonyl (C=O) groups is 1. The van der Waals surface area contributed by atoms with Crippen LogP contribution in [0, 0.1) is 13.8 Å². The highest BCUT2D eigenvalue weighted by atomic mass is 79.9. The second-order valence-corrected chi connectivity index (χ2v) is 8.90. The monoisotopic (exact) mass is 528 g/mol. The maximum atomic E-state index is 12.3. The number of hydrogen-bond acceptors (Lipinski definition) is 4. The van der Waals surface area contributed by atoms with Crippen molar-refractivity contribution in [2.24, 2.45) is 5.10 Å². The van der Waals surface area contributed by atoms with Gasteiger partial charge in [-0.3, -0.25) is 4.79 Å². The van der Waals surface area contributed by atoms with Crippen LogP contribution in [0.5, 0.6) is 11.5 Å². The first-order chi connectivity index (χ1) is 15.9. The highest BCUT2D eigenvalue weighted by molar-refractivity contribution is 9.10. The number of ether oxygens (including phenoxy) is 2. The largest absolute Gasteiger partial charge is 0.490 e. The van der Waals surface area contributed by atoms with Crippen LogP contribution in [-0.2, 0) is 17.8 Å². The first-order valence-electron chi connectivity index (χ1n) is 10.6. The molecule has 3 rings (SSSR count). The standard InChI is InChI=1S/C26H26BrClN2O3/c1-4-32-24-13-20(12-23(28)26(24)33-16-19-6-9-22(27)10-7-19)15-29-30-25(31)14-21-8-5-17(2)11-18(21)3/h5-13,15H,4,14,16H2,1-3H3,(H,30,31)/b29-15+. The average molecular weight is 530 g/mol. The molecule has 0 heterocycles. The molecule has 0 aliphatic carbocycles. The highest BCUT2D eigenvalue weighted by Gasteiger charge is 2.13. The summed E-state index contributed by atoms with van der Waals surface area (Å²) in [6, 6.07) is 17.4. The number of halogens is 2. The minimum atomic E-state index is -0.191. The van der Waals surface area contributed by atoms with Crippen molar-refractivity contribution in [1.82, 2.24) is 5.43 Å². The smallest absolute Gasteiger partial charge is 0.244 e. The summed E-state index contributed by atoms with van der Waals surface area (Å²) < 4.78 is 12.7. The van der Waals surface area contributed by atoms with E-state index in [2.05, 4.69) is 32.5 Å². The Balaban J connectivity index is 1.66. The van der Waals surface area contributed by atoms with Gasteiger partial charge < -0.3 is 9.47 Å². The number of carbonyl (C=O) groups excluding carboxylic acids is 1. The van der Waals surface area contributed by atoms with E-state index in [4.69, 9.17) is 21.1 Å². The summed E-state index contributed by atoms with van der Waals surface area (Å²) >= 11 is 9.90. The van der Waals surface area contributed by atoms with Gasteiger partial charge in [0, 0.05) is 4.47 Å². The summed E-state index contributed by atoms with van der Waals surface area (Å²) in [5, 5.41) is 4.48. The molecule has 33 heavy (non-hydrogen) atoms. The van der Waals surface area contributed by atoms with E-state index < -0.39 is 0 Å². The fraction of sp³-hybridized carbons (Fsp3) is 0.231. The quantitative estimate of drug-likeness (QED) is 0.258. The Morgan fingerprint density at radius 3 is 2.55 bits per heavy atom. The molecular weight excluding hydrogens is 504 g/mol. The Labute approximate surface area is 207 Å². The number of benzene rings is 3. The normalized spacial score (nSPS) is 10.9. The zero-order chi connectivity index (χ0) is 23.8. The molecule has 0 unspecified atom stereocenters. The molecule has 0 aromatic heterocycles. The van der Waals surface area contributed by atoms with Crippen LogP contribution in [-0.4, -0.2) is 18.7 Å². The van der Waals surface area contributed by atoms with Crippen molar-refractivity contribution >= 4 is 39.7 Å². The van der Waals surface area contributed by atoms with Crippen LogP contribution >= 0.6 is 27.5 Å². The lowest BCUT2D eigenvalue weighted by Gasteiger charge is -2.14. The van der Waals surface area contributed by atoms with E-state index in [1.54, 1.807) is 12.1 Å². The maximum absolute atomic E-state index is 12.3. The molecule has 0 aliphatic heterocycles. The van der Waals surface area contributed by atoms with Crippen LogP contribution in [0.15, 0.2) is 64.2 Å². The molecule has 172 valence electrons. The third-order valence-corrected chi connectivity index (χ3v) is 5.69. The number of rotatable bonds is 9. The number of hydrogen-bond donors (Lipinski definition) is 1. The lowest BCUT2D eigenvalue weighted by atomic mass is 10.0. The van der Waals surface area contributed by atoms with Crippen LogP contribution in [0.2, 0.25) is 5.02 Å². The molecule has 0 bridgehead atoms. The van der Waals surface area contributed by atoms with Crippen molar-refractivity contribution in [3.05, 3.63) is 91.9 Å². The first kappa shape index (κ1) is 24.8. The Bertz CT molecular complexity index is 1150. The summed E-state index contributed by atoms with van der Waals surface area (Å²) in [7, 11) is 0. The number of nitrogens with one attached hydrogen (secondary N) is 1. The van der Waals surface area contributed by atoms with Gasteiger partial charge in [0.1, 0.15) is 6.61 Å². The molecule has 0 spiro atoms. The predicted molar refractivity (Wildman–Crippen MR) is 136 cm³/mol. The van der Waals surface area contributed by atoms with Crippen molar-refractivity contribution in [3.63, 3.8) is 0 Å². The van der Waals surface area contributed by atoms with Crippen molar-refractivity contribution < 1.29 is 14.3 Å². The van der Waals surface area contributed by atoms with E-state index >= 15 is 0 Å². The molecule has 0 saturated heterocycles. The molecule has 1 amide bonds. The molecule has 1 N–H and O–H groups in total. The Hall–Kier alpha value is -2.83. The van der Waals surface area contributed by atoms with Gasteiger partial charge in [-0.15, -0.1) is 0 Å². The van der Waals surface area contributed by atoms with Gasteiger partial charge in [0.25, 0.3) is 0 Å². The lowest BCUT2D eigenvalue weighted by molar-refractivity contribution is -0.120. The van der Waals surface area contributed by atoms with Crippen LogP contribution in [0.25, 0.3) is 0 Å². The van der Waals surface area contributed by atoms with Crippen LogP contribution in [0.3, 0.4) is 0 Å². The van der Waals surface area contributed by atoms with Crippen molar-refractivity contribution in [3.8, 4) is 11.5 Å². The molecular formula is C26H26BrClN2O3. The fourth-order valence-corrected chi connectivity index (χ4v) is 3.78. The summed E-state index contributed by atoms with van der Waals surface area (Å²) in [4.78, 5) is 12.3. The Kier molecular flexibility index (Phi) is 8.92. The number of hydrazone groups is 1. The van der Waals surface area contributed by atoms with Crippen LogP contribution in [0.4, 0.5) is 0 Å². The molecule has 0 aliphatic rings. The van der Waals surface area contributed by atoms with E-state index in [1.165, 1.54) is 11.8 Å². The van der Waals surface area contributed by atoms with Gasteiger partial charge in [-0.1, -0.05) is 63.4 Å². The highest BCUT2D eigenvalue weighted by Crippen LogP contribution is 2.37. The van der Waals surface area contributed by atoms with Gasteiger partial charge in [-0.2, -0.15) is 5.10 Å². The van der Waals surface area contributed by atoms with Gasteiger partial charge >= 0.3 is 0 Å². The number of aryl methyl sites for hydroxylation is 2. The van der Waals surface area contributed by atoms with Crippen molar-refractivity contribution in [1.29, 1.82) is 0 Å². The zero-order valence-electron chi connectivity index (χ0n) is 18.8. The summed E-state index contributed by atoms with van der Waals surface area (Å²) in [5.41, 5.74) is 7.49. The molecule has 0 saturated carbocycles. The van der Waals surface area contributed by atoms with E-state index in [9.17, 15) is 4.79 Å². The second kappa shape index (κ2) is 11.9. The summed E-state index contributed by atoms with van der Waals surface area (Å²) in [6.07, 6.45) is 1.80. The van der Waals surface area contributed by atoms with Gasteiger partial charge in [-0.05, 0) is 67.3 Å². The minimum Gasteiger partial charge on any atom is -0.490 e. The van der Waals surface area contributed by atoms with E-state index in [0.717, 1.165) is 21.2 Å². The summed E-state index contributed by atoms with van der Waals surface area (Å²) in [6.45, 7) is 6.73. The van der Waals surface area contributed by atoms with Crippen molar-refractivity contribution in [2.45, 2.75) is 33.8 Å². The SMILES string of the molecule is CCOc1cc(/C=N/NC(=O)Cc2ccc(C)cc2C)cc(Cl)c1OCc1ccc(Br)cc1.